The third-order valence-electron chi connectivity index (χ3n) is 4.32. The summed E-state index contributed by atoms with van der Waals surface area (Å²) in [4.78, 5) is 19.9. The Morgan fingerprint density at radius 1 is 1.39 bits per heavy atom. The number of aliphatic carboxylic acids is 1. The van der Waals surface area contributed by atoms with Crippen molar-refractivity contribution < 1.29 is 34.9 Å². The van der Waals surface area contributed by atoms with E-state index in [-0.39, 0.29) is 32.9 Å². The fraction of sp³-hybridized carbons (Fsp3) is 0.333. The molecule has 1 aromatic carbocycles. The molecule has 0 radical (unpaired) electrons. The number of anilines is 1. The molecule has 9 nitrogen and oxygen atoms in total. The number of carboxylic acid groups (broad SMARTS) is 1. The maximum absolute atomic E-state index is 10.8. The first kappa shape index (κ1) is 20.0. The number of nitrogens with zero attached hydrogens (tertiary/aromatic N) is 5. The smallest absolute Gasteiger partial charge is 1.00 e. The molecule has 4 rings (SSSR count). The third-order valence-corrected chi connectivity index (χ3v) is 4.32. The molecule has 3 aromatic rings. The molecule has 2 aromatic heterocycles. The Labute approximate surface area is 175 Å². The van der Waals surface area contributed by atoms with Crippen LogP contribution in [0.1, 0.15) is 21.3 Å². The summed E-state index contributed by atoms with van der Waals surface area (Å²) in [5, 5.41) is 16.0. The van der Waals surface area contributed by atoms with E-state index in [0.717, 1.165) is 22.9 Å². The summed E-state index contributed by atoms with van der Waals surface area (Å²) in [6.45, 7) is 5.10. The van der Waals surface area contributed by atoms with E-state index in [1.807, 2.05) is 41.4 Å². The Balaban J connectivity index is 0.00000150. The van der Waals surface area contributed by atoms with Gasteiger partial charge in [0, 0.05) is 24.0 Å². The fourth-order valence-electron chi connectivity index (χ4n) is 3.09. The van der Waals surface area contributed by atoms with Crippen molar-refractivity contribution in [2.75, 3.05) is 18.5 Å². The molecular formula is C18H21LiN6O3. The van der Waals surface area contributed by atoms with Gasteiger partial charge in [-0.2, -0.15) is 5.10 Å². The molecule has 0 unspecified atom stereocenters. The molecule has 28 heavy (non-hydrogen) atoms. The average molecular weight is 376 g/mol. The van der Waals surface area contributed by atoms with E-state index >= 15 is 0 Å². The summed E-state index contributed by atoms with van der Waals surface area (Å²) in [5.41, 5.74) is 2.31. The van der Waals surface area contributed by atoms with Crippen LogP contribution in [0.15, 0.2) is 30.7 Å². The molecule has 0 saturated carbocycles. The van der Waals surface area contributed by atoms with E-state index in [4.69, 9.17) is 14.8 Å². The van der Waals surface area contributed by atoms with Crippen LogP contribution < -0.4 is 28.9 Å². The zero-order valence-electron chi connectivity index (χ0n) is 17.1. The van der Waals surface area contributed by atoms with Crippen LogP contribution in [0.25, 0.3) is 22.9 Å². The molecule has 0 atom stereocenters. The van der Waals surface area contributed by atoms with Gasteiger partial charge in [-0.15, -0.1) is 0 Å². The average Bonchev–Trinajstić information content (AvgIpc) is 3.24. The van der Waals surface area contributed by atoms with Gasteiger partial charge in [-0.05, 0) is 26.0 Å². The van der Waals surface area contributed by atoms with E-state index in [9.17, 15) is 4.79 Å². The van der Waals surface area contributed by atoms with E-state index in [1.54, 1.807) is 6.07 Å². The summed E-state index contributed by atoms with van der Waals surface area (Å²) < 4.78 is 9.74. The summed E-state index contributed by atoms with van der Waals surface area (Å²) >= 11 is 0. The quantitative estimate of drug-likeness (QED) is 0.573. The molecule has 1 aliphatic rings. The number of aromatic nitrogens is 5. The fourth-order valence-corrected chi connectivity index (χ4v) is 3.09. The molecule has 0 bridgehead atoms. The molecule has 0 saturated heterocycles. The summed E-state index contributed by atoms with van der Waals surface area (Å²) in [6.07, 6.45) is 3.50. The number of carboxylic acids is 1. The van der Waals surface area contributed by atoms with Crippen molar-refractivity contribution in [2.24, 2.45) is 0 Å². The summed E-state index contributed by atoms with van der Waals surface area (Å²) in [5.74, 6) is 1.28. The first-order valence-electron chi connectivity index (χ1n) is 8.73. The van der Waals surface area contributed by atoms with Crippen LogP contribution in [0.5, 0.6) is 5.75 Å². The topological polar surface area (TPSA) is 107 Å². The predicted octanol–water partition coefficient (Wildman–Crippen LogP) is -0.605. The maximum Gasteiger partial charge on any atom is 1.00 e. The van der Waals surface area contributed by atoms with E-state index in [0.29, 0.717) is 24.6 Å². The molecular weight excluding hydrogens is 355 g/mol. The molecule has 0 spiro atoms. The zero-order valence-corrected chi connectivity index (χ0v) is 16.1. The van der Waals surface area contributed by atoms with Crippen LogP contribution in [0.3, 0.4) is 0 Å². The molecule has 1 aliphatic heterocycles. The molecule has 10 heteroatoms. The number of rotatable bonds is 5. The first-order valence-corrected chi connectivity index (χ1v) is 8.73. The van der Waals surface area contributed by atoms with Gasteiger partial charge in [0.05, 0.1) is 12.1 Å². The number of nitrogens with one attached hydrogen (secondary N) is 1. The minimum absolute atomic E-state index is 0. The molecule has 2 N–H and O–H groups in total. The van der Waals surface area contributed by atoms with Crippen LogP contribution in [0.2, 0.25) is 0 Å². The van der Waals surface area contributed by atoms with Gasteiger partial charge in [0.15, 0.2) is 5.82 Å². The van der Waals surface area contributed by atoms with Crippen molar-refractivity contribution in [3.63, 3.8) is 0 Å². The van der Waals surface area contributed by atoms with Gasteiger partial charge in [0.25, 0.3) is 0 Å². The van der Waals surface area contributed by atoms with Crippen molar-refractivity contribution >= 4 is 11.7 Å². The second kappa shape index (κ2) is 8.08. The number of imidazole rings is 1. The Morgan fingerprint density at radius 2 is 2.21 bits per heavy atom. The monoisotopic (exact) mass is 376 g/mol. The van der Waals surface area contributed by atoms with Gasteiger partial charge in [0.2, 0.25) is 0 Å². The van der Waals surface area contributed by atoms with Crippen LogP contribution in [0, 0.1) is 0 Å². The number of benzene rings is 1. The van der Waals surface area contributed by atoms with Gasteiger partial charge < -0.3 is 21.2 Å². The molecule has 0 amide bonds. The molecule has 0 aliphatic carbocycles. The third kappa shape index (κ3) is 3.77. The van der Waals surface area contributed by atoms with Crippen molar-refractivity contribution in [1.29, 1.82) is 0 Å². The summed E-state index contributed by atoms with van der Waals surface area (Å²) in [6, 6.07) is 5.70. The predicted molar refractivity (Wildman–Crippen MR) is 99.8 cm³/mol. The maximum atomic E-state index is 10.8. The SMILES string of the molecule is CC(C)n1ncnc1-c1cn2c(n1)-c1ccc(NCC(=O)O)cc1OCC2.[H-].[Li+]. The second-order valence-corrected chi connectivity index (χ2v) is 6.57. The van der Waals surface area contributed by atoms with Crippen molar-refractivity contribution in [2.45, 2.75) is 26.4 Å². The number of hydrogen-bond donors (Lipinski definition) is 2. The standard InChI is InChI=1S/C18H20N6O3.Li.H/c1-11(2)24-18(20-10-21-24)14-9-23-5-6-27-15-7-12(19-8-16(25)26)3-4-13(15)17(23)22-14;;/h3-4,7,9-11,19H,5-6,8H2,1-2H3,(H,25,26);;/q;+1;-1. The number of ether oxygens (including phenoxy) is 1. The van der Waals surface area contributed by atoms with Crippen LogP contribution in [-0.2, 0) is 11.3 Å². The first-order chi connectivity index (χ1) is 13.0. The molecule has 3 heterocycles. The molecule has 142 valence electrons. The van der Waals surface area contributed by atoms with E-state index in [2.05, 4.69) is 15.4 Å². The van der Waals surface area contributed by atoms with Crippen LogP contribution in [0.4, 0.5) is 5.69 Å². The van der Waals surface area contributed by atoms with Gasteiger partial charge in [0.1, 0.15) is 36.7 Å². The number of carbonyl (C=O) groups is 1. The Kier molecular flexibility index (Phi) is 5.77. The second-order valence-electron chi connectivity index (χ2n) is 6.57. The minimum Gasteiger partial charge on any atom is -1.00 e. The Morgan fingerprint density at radius 3 is 2.96 bits per heavy atom. The zero-order chi connectivity index (χ0) is 19.0. The van der Waals surface area contributed by atoms with Gasteiger partial charge in [-0.3, -0.25) is 4.79 Å². The normalized spacial score (nSPS) is 12.4. The van der Waals surface area contributed by atoms with Gasteiger partial charge >= 0.3 is 24.8 Å². The van der Waals surface area contributed by atoms with Crippen LogP contribution in [-0.4, -0.2) is 48.5 Å². The Hall–Kier alpha value is -2.76. The van der Waals surface area contributed by atoms with Gasteiger partial charge in [-0.1, -0.05) is 0 Å². The number of hydrogen-bond acceptors (Lipinski definition) is 6. The molecule has 0 fully saturated rings. The Bertz CT molecular complexity index is 1000. The van der Waals surface area contributed by atoms with Crippen LogP contribution >= 0.6 is 0 Å². The van der Waals surface area contributed by atoms with Crippen molar-refractivity contribution in [3.05, 3.63) is 30.7 Å². The van der Waals surface area contributed by atoms with Gasteiger partial charge in [-0.25, -0.2) is 14.6 Å². The van der Waals surface area contributed by atoms with E-state index < -0.39 is 5.97 Å². The summed E-state index contributed by atoms with van der Waals surface area (Å²) in [7, 11) is 0. The number of fused-ring (bicyclic) bond motifs is 3. The van der Waals surface area contributed by atoms with E-state index in [1.165, 1.54) is 6.33 Å². The van der Waals surface area contributed by atoms with Crippen molar-refractivity contribution in [1.82, 2.24) is 24.3 Å². The van der Waals surface area contributed by atoms with Crippen molar-refractivity contribution in [3.8, 4) is 28.7 Å². The minimum atomic E-state index is -0.916. The largest absolute Gasteiger partial charge is 1.00 e.